The van der Waals surface area contributed by atoms with Crippen molar-refractivity contribution in [1.82, 2.24) is 15.3 Å². The molecular weight excluding hydrogens is 513 g/mol. The highest BCUT2D eigenvalue weighted by atomic mass is 35.5. The van der Waals surface area contributed by atoms with Gasteiger partial charge in [0.05, 0.1) is 22.5 Å². The number of benzene rings is 2. The van der Waals surface area contributed by atoms with Crippen LogP contribution in [0.5, 0.6) is 0 Å². The Bertz CT molecular complexity index is 1610. The van der Waals surface area contributed by atoms with Crippen LogP contribution in [0.4, 0.5) is 0 Å². The largest absolute Gasteiger partial charge is 0.465 e. The minimum Gasteiger partial charge on any atom is -0.465 e. The molecule has 0 aliphatic heterocycles. The van der Waals surface area contributed by atoms with E-state index in [4.69, 9.17) is 48.6 Å². The summed E-state index contributed by atoms with van der Waals surface area (Å²) in [6, 6.07) is 14.2. The molecular formula is C25H14Cl3N3O4. The SMILES string of the molecule is COC(=O)c1c(-c2ccccc2Cl)noc1/C=C/c1cnc(Cl)c2c(-c3ccccc3Cl)noc12. The van der Waals surface area contributed by atoms with Gasteiger partial charge in [0.1, 0.15) is 22.1 Å². The molecule has 7 nitrogen and oxygen atoms in total. The molecule has 0 saturated heterocycles. The van der Waals surface area contributed by atoms with E-state index in [2.05, 4.69) is 15.3 Å². The molecule has 35 heavy (non-hydrogen) atoms. The minimum atomic E-state index is -0.624. The number of pyridine rings is 1. The number of fused-ring (bicyclic) bond motifs is 1. The predicted octanol–water partition coefficient (Wildman–Crippen LogP) is 7.46. The van der Waals surface area contributed by atoms with E-state index in [1.54, 1.807) is 42.5 Å². The lowest BCUT2D eigenvalue weighted by Gasteiger charge is -2.03. The standard InChI is InChI=1S/C25H14Cl3N3O4/c1-33-25(32)19-18(34-30-21(19)14-6-2-4-8-16(14)26)11-10-13-12-29-24(28)20-22(31-35-23(13)20)15-7-3-5-9-17(15)27/h2-12H,1H3/b11-10+. The lowest BCUT2D eigenvalue weighted by atomic mass is 10.0. The highest BCUT2D eigenvalue weighted by Gasteiger charge is 2.25. The first-order valence-corrected chi connectivity index (χ1v) is 11.3. The van der Waals surface area contributed by atoms with Crippen molar-refractivity contribution in [1.29, 1.82) is 0 Å². The maximum Gasteiger partial charge on any atom is 0.344 e. The first kappa shape index (κ1) is 23.1. The summed E-state index contributed by atoms with van der Waals surface area (Å²) >= 11 is 19.0. The predicted molar refractivity (Wildman–Crippen MR) is 134 cm³/mol. The molecule has 0 saturated carbocycles. The second-order valence-corrected chi connectivity index (χ2v) is 8.47. The molecule has 5 rings (SSSR count). The van der Waals surface area contributed by atoms with E-state index in [0.717, 1.165) is 0 Å². The molecule has 0 atom stereocenters. The fraction of sp³-hybridized carbons (Fsp3) is 0.0400. The summed E-state index contributed by atoms with van der Waals surface area (Å²) in [4.78, 5) is 16.9. The van der Waals surface area contributed by atoms with Crippen molar-refractivity contribution in [2.45, 2.75) is 0 Å². The second kappa shape index (κ2) is 9.54. The van der Waals surface area contributed by atoms with Crippen LogP contribution in [0.1, 0.15) is 21.7 Å². The van der Waals surface area contributed by atoms with Crippen molar-refractivity contribution in [3.63, 3.8) is 0 Å². The van der Waals surface area contributed by atoms with Crippen molar-refractivity contribution in [3.05, 3.63) is 86.8 Å². The summed E-state index contributed by atoms with van der Waals surface area (Å²) < 4.78 is 16.0. The van der Waals surface area contributed by atoms with Gasteiger partial charge in [-0.25, -0.2) is 9.78 Å². The maximum atomic E-state index is 12.6. The highest BCUT2D eigenvalue weighted by molar-refractivity contribution is 6.37. The van der Waals surface area contributed by atoms with Gasteiger partial charge in [-0.1, -0.05) is 81.5 Å². The molecule has 10 heteroatoms. The first-order valence-electron chi connectivity index (χ1n) is 10.2. The van der Waals surface area contributed by atoms with Gasteiger partial charge in [-0.15, -0.1) is 0 Å². The normalized spacial score (nSPS) is 11.4. The van der Waals surface area contributed by atoms with Gasteiger partial charge in [-0.05, 0) is 24.3 Å². The van der Waals surface area contributed by atoms with Gasteiger partial charge in [-0.3, -0.25) is 0 Å². The molecule has 2 aromatic carbocycles. The summed E-state index contributed by atoms with van der Waals surface area (Å²) in [5.41, 5.74) is 2.99. The van der Waals surface area contributed by atoms with E-state index in [1.807, 2.05) is 18.2 Å². The number of halogens is 3. The van der Waals surface area contributed by atoms with Gasteiger partial charge in [0.25, 0.3) is 0 Å². The van der Waals surface area contributed by atoms with Crippen LogP contribution in [0.25, 0.3) is 45.6 Å². The Morgan fingerprint density at radius 3 is 2.17 bits per heavy atom. The average Bonchev–Trinajstić information content (AvgIpc) is 3.49. The topological polar surface area (TPSA) is 91.2 Å². The Balaban J connectivity index is 1.61. The van der Waals surface area contributed by atoms with Crippen LogP contribution in [0.15, 0.2) is 63.8 Å². The third-order valence-electron chi connectivity index (χ3n) is 5.26. The number of nitrogens with zero attached hydrogens (tertiary/aromatic N) is 3. The minimum absolute atomic E-state index is 0.129. The van der Waals surface area contributed by atoms with Crippen molar-refractivity contribution in [3.8, 4) is 22.5 Å². The number of carbonyl (C=O) groups is 1. The molecule has 0 fully saturated rings. The van der Waals surface area contributed by atoms with E-state index >= 15 is 0 Å². The lowest BCUT2D eigenvalue weighted by molar-refractivity contribution is 0.0600. The van der Waals surface area contributed by atoms with Gasteiger partial charge in [0.2, 0.25) is 0 Å². The Morgan fingerprint density at radius 2 is 1.51 bits per heavy atom. The summed E-state index contributed by atoms with van der Waals surface area (Å²) in [6.45, 7) is 0. The summed E-state index contributed by atoms with van der Waals surface area (Å²) in [5.74, 6) is -0.457. The van der Waals surface area contributed by atoms with E-state index in [0.29, 0.717) is 43.4 Å². The molecule has 3 aromatic heterocycles. The van der Waals surface area contributed by atoms with E-state index in [9.17, 15) is 4.79 Å². The van der Waals surface area contributed by atoms with Gasteiger partial charge in [0.15, 0.2) is 11.3 Å². The molecule has 3 heterocycles. The van der Waals surface area contributed by atoms with Crippen molar-refractivity contribution in [2.75, 3.05) is 7.11 Å². The number of rotatable bonds is 5. The van der Waals surface area contributed by atoms with Crippen LogP contribution in [0.2, 0.25) is 15.2 Å². The van der Waals surface area contributed by atoms with Crippen LogP contribution in [0, 0.1) is 0 Å². The number of aromatic nitrogens is 3. The van der Waals surface area contributed by atoms with Crippen LogP contribution < -0.4 is 0 Å². The van der Waals surface area contributed by atoms with Crippen LogP contribution in [0.3, 0.4) is 0 Å². The molecule has 5 aromatic rings. The number of hydrogen-bond donors (Lipinski definition) is 0. The molecule has 0 spiro atoms. The summed E-state index contributed by atoms with van der Waals surface area (Å²) in [6.07, 6.45) is 4.73. The fourth-order valence-electron chi connectivity index (χ4n) is 3.60. The lowest BCUT2D eigenvalue weighted by Crippen LogP contribution is -2.03. The summed E-state index contributed by atoms with van der Waals surface area (Å²) in [7, 11) is 1.27. The van der Waals surface area contributed by atoms with Gasteiger partial charge in [-0.2, -0.15) is 0 Å². The first-order chi connectivity index (χ1) is 17.0. The Labute approximate surface area is 213 Å². The Kier molecular flexibility index (Phi) is 6.30. The van der Waals surface area contributed by atoms with Crippen molar-refractivity contribution >= 4 is 63.9 Å². The molecule has 0 radical (unpaired) electrons. The number of esters is 1. The quantitative estimate of drug-likeness (QED) is 0.173. The Hall–Kier alpha value is -3.65. The molecule has 0 aliphatic rings. The number of ether oxygens (including phenoxy) is 1. The fourth-order valence-corrected chi connectivity index (χ4v) is 4.28. The monoisotopic (exact) mass is 525 g/mol. The molecule has 0 amide bonds. The van der Waals surface area contributed by atoms with Crippen molar-refractivity contribution < 1.29 is 18.6 Å². The third kappa shape index (κ3) is 4.18. The number of carbonyl (C=O) groups excluding carboxylic acids is 1. The molecule has 174 valence electrons. The zero-order chi connectivity index (χ0) is 24.5. The maximum absolute atomic E-state index is 12.6. The van der Waals surface area contributed by atoms with E-state index in [1.165, 1.54) is 13.3 Å². The number of methoxy groups -OCH3 is 1. The highest BCUT2D eigenvalue weighted by Crippen LogP contribution is 2.38. The van der Waals surface area contributed by atoms with Gasteiger partial charge in [0, 0.05) is 22.9 Å². The zero-order valence-electron chi connectivity index (χ0n) is 18.0. The molecule has 0 aliphatic carbocycles. The van der Waals surface area contributed by atoms with E-state index < -0.39 is 5.97 Å². The average molecular weight is 527 g/mol. The third-order valence-corrected chi connectivity index (χ3v) is 6.20. The van der Waals surface area contributed by atoms with Crippen LogP contribution in [-0.4, -0.2) is 28.4 Å². The van der Waals surface area contributed by atoms with Crippen LogP contribution >= 0.6 is 34.8 Å². The molecule has 0 N–H and O–H groups in total. The molecule has 0 unspecified atom stereocenters. The Morgan fingerprint density at radius 1 is 0.886 bits per heavy atom. The van der Waals surface area contributed by atoms with Gasteiger partial charge < -0.3 is 13.8 Å². The van der Waals surface area contributed by atoms with Gasteiger partial charge >= 0.3 is 5.97 Å². The zero-order valence-corrected chi connectivity index (χ0v) is 20.2. The smallest absolute Gasteiger partial charge is 0.344 e. The van der Waals surface area contributed by atoms with Crippen LogP contribution in [-0.2, 0) is 4.74 Å². The van der Waals surface area contributed by atoms with Crippen molar-refractivity contribution in [2.24, 2.45) is 0 Å². The second-order valence-electron chi connectivity index (χ2n) is 7.29. The number of hydrogen-bond acceptors (Lipinski definition) is 7. The summed E-state index contributed by atoms with van der Waals surface area (Å²) in [5, 5.41) is 9.86. The van der Waals surface area contributed by atoms with E-state index in [-0.39, 0.29) is 22.2 Å². The molecule has 0 bridgehead atoms.